The van der Waals surface area contributed by atoms with Gasteiger partial charge < -0.3 is 10.0 Å². The highest BCUT2D eigenvalue weighted by molar-refractivity contribution is 5.98. The number of urea groups is 1. The predicted molar refractivity (Wildman–Crippen MR) is 131 cm³/mol. The molecule has 5 nitrogen and oxygen atoms in total. The summed E-state index contributed by atoms with van der Waals surface area (Å²) in [7, 11) is 0. The number of rotatable bonds is 5. The van der Waals surface area contributed by atoms with Gasteiger partial charge in [-0.1, -0.05) is 24.3 Å². The molecular formula is C28H34N2O3. The van der Waals surface area contributed by atoms with Crippen LogP contribution in [-0.2, 0) is 11.2 Å². The quantitative estimate of drug-likeness (QED) is 0.580. The van der Waals surface area contributed by atoms with Crippen LogP contribution in [0.15, 0.2) is 36.4 Å². The third-order valence-electron chi connectivity index (χ3n) is 7.99. The lowest BCUT2D eigenvalue weighted by Gasteiger charge is -2.42. The van der Waals surface area contributed by atoms with Gasteiger partial charge in [0.1, 0.15) is 0 Å². The number of amides is 2. The van der Waals surface area contributed by atoms with Crippen LogP contribution in [0.4, 0.5) is 10.5 Å². The van der Waals surface area contributed by atoms with Crippen LogP contribution in [0.3, 0.4) is 0 Å². The van der Waals surface area contributed by atoms with Crippen LogP contribution in [0, 0.1) is 5.92 Å². The SMILES string of the molecule is CC(C)N1C(=O)N2CCc3cc(-c4ccc(C5CCC(CC(=O)O)CC5)cc4)cc(c32)C1C. The monoisotopic (exact) mass is 446 g/mol. The number of hydrogen-bond acceptors (Lipinski definition) is 2. The summed E-state index contributed by atoms with van der Waals surface area (Å²) in [5.41, 5.74) is 7.50. The molecule has 5 heteroatoms. The lowest BCUT2D eigenvalue weighted by Crippen LogP contribution is -2.50. The van der Waals surface area contributed by atoms with E-state index < -0.39 is 5.97 Å². The average Bonchev–Trinajstić information content (AvgIpc) is 3.22. The Morgan fingerprint density at radius 1 is 1.06 bits per heavy atom. The van der Waals surface area contributed by atoms with Crippen LogP contribution in [-0.4, -0.2) is 34.6 Å². The zero-order valence-electron chi connectivity index (χ0n) is 19.9. The number of carboxylic acid groups (broad SMARTS) is 1. The number of aliphatic carboxylic acids is 1. The predicted octanol–water partition coefficient (Wildman–Crippen LogP) is 6.37. The molecular weight excluding hydrogens is 412 g/mol. The van der Waals surface area contributed by atoms with Gasteiger partial charge in [-0.2, -0.15) is 0 Å². The Kier molecular flexibility index (Phi) is 5.67. The van der Waals surface area contributed by atoms with Crippen molar-refractivity contribution in [2.45, 2.75) is 77.3 Å². The smallest absolute Gasteiger partial charge is 0.325 e. The Hall–Kier alpha value is -2.82. The van der Waals surface area contributed by atoms with Gasteiger partial charge in [0.2, 0.25) is 0 Å². The molecule has 0 spiro atoms. The normalized spacial score (nSPS) is 24.4. The van der Waals surface area contributed by atoms with Crippen molar-refractivity contribution in [1.29, 1.82) is 0 Å². The molecule has 1 unspecified atom stereocenters. The van der Waals surface area contributed by atoms with E-state index in [0.29, 0.717) is 18.3 Å². The van der Waals surface area contributed by atoms with Gasteiger partial charge in [0, 0.05) is 19.0 Å². The number of carboxylic acids is 1. The summed E-state index contributed by atoms with van der Waals surface area (Å²) in [6, 6.07) is 13.9. The van der Waals surface area contributed by atoms with Crippen molar-refractivity contribution in [2.75, 3.05) is 11.4 Å². The maximum absolute atomic E-state index is 13.0. The van der Waals surface area contributed by atoms with E-state index in [-0.39, 0.29) is 18.1 Å². The molecule has 1 aliphatic carbocycles. The topological polar surface area (TPSA) is 60.9 Å². The average molecular weight is 447 g/mol. The maximum atomic E-state index is 13.0. The van der Waals surface area contributed by atoms with Crippen LogP contribution >= 0.6 is 0 Å². The van der Waals surface area contributed by atoms with Crippen molar-refractivity contribution in [3.05, 3.63) is 53.1 Å². The standard InChI is InChI=1S/C28H34N2O3/c1-17(2)30-18(3)25-16-24(15-23-12-13-29(27(23)25)28(30)33)22-10-8-21(9-11-22)20-6-4-19(5-7-20)14-26(31)32/h8-11,15-20H,4-7,12-14H2,1-3H3,(H,31,32). The fourth-order valence-corrected chi connectivity index (χ4v) is 6.28. The Balaban J connectivity index is 1.38. The molecule has 1 saturated carbocycles. The van der Waals surface area contributed by atoms with Crippen molar-refractivity contribution < 1.29 is 14.7 Å². The minimum absolute atomic E-state index is 0.0702. The molecule has 3 aliphatic rings. The molecule has 2 aliphatic heterocycles. The zero-order valence-corrected chi connectivity index (χ0v) is 19.9. The van der Waals surface area contributed by atoms with E-state index in [2.05, 4.69) is 57.2 Å². The number of carbonyl (C=O) groups excluding carboxylic acids is 1. The van der Waals surface area contributed by atoms with E-state index in [0.717, 1.165) is 44.3 Å². The van der Waals surface area contributed by atoms with E-state index in [4.69, 9.17) is 5.11 Å². The van der Waals surface area contributed by atoms with E-state index in [1.807, 2.05) is 9.80 Å². The summed E-state index contributed by atoms with van der Waals surface area (Å²) in [5, 5.41) is 9.05. The van der Waals surface area contributed by atoms with Crippen molar-refractivity contribution in [1.82, 2.24) is 4.90 Å². The number of nitrogens with zero attached hydrogens (tertiary/aromatic N) is 2. The van der Waals surface area contributed by atoms with Gasteiger partial charge in [0.15, 0.2) is 0 Å². The molecule has 0 radical (unpaired) electrons. The third-order valence-corrected chi connectivity index (χ3v) is 7.99. The molecule has 0 saturated heterocycles. The number of benzene rings is 2. The summed E-state index contributed by atoms with van der Waals surface area (Å²) in [4.78, 5) is 28.0. The fraction of sp³-hybridized carbons (Fsp3) is 0.500. The van der Waals surface area contributed by atoms with Gasteiger partial charge in [-0.05, 0) is 105 Å². The molecule has 2 aromatic carbocycles. The third kappa shape index (κ3) is 3.92. The van der Waals surface area contributed by atoms with Crippen LogP contribution in [0.2, 0.25) is 0 Å². The Labute approximate surface area is 196 Å². The molecule has 174 valence electrons. The van der Waals surface area contributed by atoms with Crippen molar-refractivity contribution in [2.24, 2.45) is 5.92 Å². The number of carbonyl (C=O) groups is 2. The molecule has 1 N–H and O–H groups in total. The first-order valence-electron chi connectivity index (χ1n) is 12.4. The Bertz CT molecular complexity index is 1070. The van der Waals surface area contributed by atoms with Gasteiger partial charge in [-0.3, -0.25) is 9.69 Å². The van der Waals surface area contributed by atoms with Crippen LogP contribution in [0.25, 0.3) is 11.1 Å². The fourth-order valence-electron chi connectivity index (χ4n) is 6.28. The molecule has 1 atom stereocenters. The largest absolute Gasteiger partial charge is 0.481 e. The molecule has 1 fully saturated rings. The van der Waals surface area contributed by atoms with Crippen LogP contribution in [0.1, 0.15) is 81.5 Å². The van der Waals surface area contributed by atoms with Crippen LogP contribution < -0.4 is 4.90 Å². The minimum Gasteiger partial charge on any atom is -0.481 e. The molecule has 5 rings (SSSR count). The first-order chi connectivity index (χ1) is 15.8. The summed E-state index contributed by atoms with van der Waals surface area (Å²) >= 11 is 0. The molecule has 0 bridgehead atoms. The highest BCUT2D eigenvalue weighted by Crippen LogP contribution is 2.45. The van der Waals surface area contributed by atoms with Gasteiger partial charge in [0.05, 0.1) is 11.7 Å². The van der Waals surface area contributed by atoms with Gasteiger partial charge in [-0.25, -0.2) is 4.79 Å². The van der Waals surface area contributed by atoms with Crippen LogP contribution in [0.5, 0.6) is 0 Å². The van der Waals surface area contributed by atoms with Gasteiger partial charge >= 0.3 is 12.0 Å². The molecule has 33 heavy (non-hydrogen) atoms. The molecule has 2 heterocycles. The maximum Gasteiger partial charge on any atom is 0.325 e. The number of hydrogen-bond donors (Lipinski definition) is 1. The minimum atomic E-state index is -0.672. The van der Waals surface area contributed by atoms with Crippen molar-refractivity contribution in [3.63, 3.8) is 0 Å². The summed E-state index contributed by atoms with van der Waals surface area (Å²) < 4.78 is 0. The van der Waals surface area contributed by atoms with Crippen molar-refractivity contribution >= 4 is 17.7 Å². The second-order valence-electron chi connectivity index (χ2n) is 10.4. The highest BCUT2D eigenvalue weighted by atomic mass is 16.4. The first-order valence-corrected chi connectivity index (χ1v) is 12.4. The van der Waals surface area contributed by atoms with Gasteiger partial charge in [0.25, 0.3) is 0 Å². The van der Waals surface area contributed by atoms with E-state index in [1.54, 1.807) is 0 Å². The van der Waals surface area contributed by atoms with Crippen molar-refractivity contribution in [3.8, 4) is 11.1 Å². The summed E-state index contributed by atoms with van der Waals surface area (Å²) in [6.07, 6.45) is 5.39. The van der Waals surface area contributed by atoms with E-state index in [1.165, 1.54) is 27.8 Å². The number of anilines is 1. The summed E-state index contributed by atoms with van der Waals surface area (Å²) in [6.45, 7) is 7.10. The Morgan fingerprint density at radius 3 is 2.39 bits per heavy atom. The molecule has 0 aromatic heterocycles. The summed E-state index contributed by atoms with van der Waals surface area (Å²) in [5.74, 6) is 0.194. The highest BCUT2D eigenvalue weighted by Gasteiger charge is 2.40. The van der Waals surface area contributed by atoms with E-state index >= 15 is 0 Å². The molecule has 2 amide bonds. The molecule has 2 aromatic rings. The second-order valence-corrected chi connectivity index (χ2v) is 10.4. The second kappa shape index (κ2) is 8.51. The lowest BCUT2D eigenvalue weighted by molar-refractivity contribution is -0.138. The first kappa shape index (κ1) is 22.0. The zero-order chi connectivity index (χ0) is 23.3. The Morgan fingerprint density at radius 2 is 1.76 bits per heavy atom. The van der Waals surface area contributed by atoms with Gasteiger partial charge in [-0.15, -0.1) is 0 Å². The lowest BCUT2D eigenvalue weighted by atomic mass is 9.77. The van der Waals surface area contributed by atoms with E-state index in [9.17, 15) is 9.59 Å².